The van der Waals surface area contributed by atoms with E-state index in [2.05, 4.69) is 39.4 Å². The summed E-state index contributed by atoms with van der Waals surface area (Å²) in [7, 11) is 2.17. The summed E-state index contributed by atoms with van der Waals surface area (Å²) in [5.74, 6) is 2.05. The van der Waals surface area contributed by atoms with Crippen molar-refractivity contribution in [2.45, 2.75) is 39.3 Å². The van der Waals surface area contributed by atoms with Gasteiger partial charge >= 0.3 is 0 Å². The summed E-state index contributed by atoms with van der Waals surface area (Å²) in [6.45, 7) is 14.1. The van der Waals surface area contributed by atoms with Crippen LogP contribution >= 0.6 is 0 Å². The van der Waals surface area contributed by atoms with E-state index in [0.29, 0.717) is 11.8 Å². The molecule has 1 aliphatic heterocycles. The first-order chi connectivity index (χ1) is 12.3. The lowest BCUT2D eigenvalue weighted by atomic mass is 10.0. The van der Waals surface area contributed by atoms with Gasteiger partial charge in [-0.25, -0.2) is 4.99 Å². The molecular formula is C19H35N5O2. The molecule has 2 heterocycles. The number of aliphatic hydroxyl groups is 1. The lowest BCUT2D eigenvalue weighted by molar-refractivity contribution is 0.0428. The topological polar surface area (TPSA) is 76.3 Å². The minimum absolute atomic E-state index is 0.234. The first-order valence-electron chi connectivity index (χ1n) is 9.56. The molecule has 1 fully saturated rings. The van der Waals surface area contributed by atoms with Crippen molar-refractivity contribution in [1.29, 1.82) is 0 Å². The predicted molar refractivity (Wildman–Crippen MR) is 106 cm³/mol. The fourth-order valence-electron chi connectivity index (χ4n) is 3.01. The summed E-state index contributed by atoms with van der Waals surface area (Å²) in [5, 5.41) is 17.3. The number of piperazine rings is 1. The molecular weight excluding hydrogens is 330 g/mol. The average molecular weight is 366 g/mol. The van der Waals surface area contributed by atoms with Crippen LogP contribution in [0.1, 0.15) is 32.3 Å². The van der Waals surface area contributed by atoms with E-state index in [9.17, 15) is 5.11 Å². The second-order valence-electron chi connectivity index (χ2n) is 7.45. The number of guanidine groups is 1. The van der Waals surface area contributed by atoms with E-state index in [0.717, 1.165) is 51.0 Å². The molecule has 7 nitrogen and oxygen atoms in total. The van der Waals surface area contributed by atoms with Gasteiger partial charge in [0.05, 0.1) is 6.54 Å². The fraction of sp³-hybridized carbons (Fsp3) is 0.737. The maximum Gasteiger partial charge on any atom is 0.191 e. The monoisotopic (exact) mass is 365 g/mol. The van der Waals surface area contributed by atoms with E-state index in [4.69, 9.17) is 4.42 Å². The smallest absolute Gasteiger partial charge is 0.191 e. The number of hydrogen-bond acceptors (Lipinski definition) is 5. The molecule has 26 heavy (non-hydrogen) atoms. The molecule has 1 saturated heterocycles. The molecule has 0 radical (unpaired) electrons. The van der Waals surface area contributed by atoms with Gasteiger partial charge in [-0.1, -0.05) is 0 Å². The van der Waals surface area contributed by atoms with Crippen molar-refractivity contribution in [3.8, 4) is 0 Å². The number of furan rings is 1. The van der Waals surface area contributed by atoms with Gasteiger partial charge in [-0.3, -0.25) is 4.90 Å². The molecule has 1 aliphatic rings. The van der Waals surface area contributed by atoms with E-state index >= 15 is 0 Å². The SMILES string of the molecule is CCNC(=NCC(C)(O)c1ccc(C)o1)NCC(C)N1CCN(C)CC1. The quantitative estimate of drug-likeness (QED) is 0.494. The van der Waals surface area contributed by atoms with E-state index in [1.807, 2.05) is 19.9 Å². The van der Waals surface area contributed by atoms with Gasteiger partial charge in [-0.05, 0) is 46.9 Å². The molecule has 0 saturated carbocycles. The number of nitrogens with one attached hydrogen (secondary N) is 2. The van der Waals surface area contributed by atoms with Crippen LogP contribution in [0, 0.1) is 6.92 Å². The third kappa shape index (κ3) is 6.00. The summed E-state index contributed by atoms with van der Waals surface area (Å²) >= 11 is 0. The molecule has 0 spiro atoms. The van der Waals surface area contributed by atoms with Gasteiger partial charge in [0, 0.05) is 45.3 Å². The van der Waals surface area contributed by atoms with Crippen molar-refractivity contribution >= 4 is 5.96 Å². The lowest BCUT2D eigenvalue weighted by Crippen LogP contribution is -2.52. The van der Waals surface area contributed by atoms with Gasteiger partial charge in [-0.2, -0.15) is 0 Å². The highest BCUT2D eigenvalue weighted by Gasteiger charge is 2.27. The first kappa shape index (κ1) is 20.7. The van der Waals surface area contributed by atoms with Crippen LogP contribution in [0.3, 0.4) is 0 Å². The van der Waals surface area contributed by atoms with Crippen molar-refractivity contribution < 1.29 is 9.52 Å². The summed E-state index contributed by atoms with van der Waals surface area (Å²) in [4.78, 5) is 9.42. The summed E-state index contributed by atoms with van der Waals surface area (Å²) < 4.78 is 5.56. The predicted octanol–water partition coefficient (Wildman–Crippen LogP) is 0.987. The number of likely N-dealkylation sites (N-methyl/N-ethyl adjacent to an activating group) is 1. The van der Waals surface area contributed by atoms with Crippen molar-refractivity contribution in [2.24, 2.45) is 4.99 Å². The second-order valence-corrected chi connectivity index (χ2v) is 7.45. The molecule has 0 amide bonds. The summed E-state index contributed by atoms with van der Waals surface area (Å²) in [5.41, 5.74) is -1.13. The number of aliphatic imine (C=N–C) groups is 1. The molecule has 1 aromatic heterocycles. The van der Waals surface area contributed by atoms with Crippen molar-refractivity contribution in [1.82, 2.24) is 20.4 Å². The molecule has 2 atom stereocenters. The Morgan fingerprint density at radius 3 is 2.58 bits per heavy atom. The minimum Gasteiger partial charge on any atom is -0.463 e. The van der Waals surface area contributed by atoms with Crippen LogP contribution in [-0.4, -0.2) is 79.8 Å². The Balaban J connectivity index is 1.89. The van der Waals surface area contributed by atoms with E-state index < -0.39 is 5.60 Å². The largest absolute Gasteiger partial charge is 0.463 e. The third-order valence-electron chi connectivity index (χ3n) is 4.89. The zero-order chi connectivity index (χ0) is 19.2. The molecule has 0 aromatic carbocycles. The highest BCUT2D eigenvalue weighted by molar-refractivity contribution is 5.79. The molecule has 148 valence electrons. The maximum atomic E-state index is 10.7. The van der Waals surface area contributed by atoms with E-state index in [-0.39, 0.29) is 6.54 Å². The molecule has 3 N–H and O–H groups in total. The van der Waals surface area contributed by atoms with Crippen molar-refractivity contribution in [3.05, 3.63) is 23.7 Å². The Morgan fingerprint density at radius 2 is 2.00 bits per heavy atom. The molecule has 1 aromatic rings. The Labute approximate surface area is 157 Å². The van der Waals surface area contributed by atoms with Crippen LogP contribution in [0.25, 0.3) is 0 Å². The molecule has 2 rings (SSSR count). The third-order valence-corrected chi connectivity index (χ3v) is 4.89. The maximum absolute atomic E-state index is 10.7. The lowest BCUT2D eigenvalue weighted by Gasteiger charge is -2.36. The van der Waals surface area contributed by atoms with Crippen LogP contribution < -0.4 is 10.6 Å². The Bertz CT molecular complexity index is 576. The molecule has 0 bridgehead atoms. The Kier molecular flexibility index (Phi) is 7.49. The molecule has 2 unspecified atom stereocenters. The van der Waals surface area contributed by atoms with Crippen LogP contribution in [-0.2, 0) is 5.60 Å². The van der Waals surface area contributed by atoms with Gasteiger partial charge in [0.1, 0.15) is 17.1 Å². The first-order valence-corrected chi connectivity index (χ1v) is 9.56. The summed E-state index contributed by atoms with van der Waals surface area (Å²) in [6, 6.07) is 4.09. The minimum atomic E-state index is -1.13. The number of nitrogens with zero attached hydrogens (tertiary/aromatic N) is 3. The van der Waals surface area contributed by atoms with Crippen LogP contribution in [0.5, 0.6) is 0 Å². The zero-order valence-corrected chi connectivity index (χ0v) is 16.9. The highest BCUT2D eigenvalue weighted by atomic mass is 16.4. The zero-order valence-electron chi connectivity index (χ0n) is 16.9. The van der Waals surface area contributed by atoms with E-state index in [1.165, 1.54) is 0 Å². The van der Waals surface area contributed by atoms with Gasteiger partial charge in [0.15, 0.2) is 5.96 Å². The van der Waals surface area contributed by atoms with Gasteiger partial charge in [-0.15, -0.1) is 0 Å². The van der Waals surface area contributed by atoms with Gasteiger partial charge < -0.3 is 25.1 Å². The van der Waals surface area contributed by atoms with Crippen LogP contribution in [0.4, 0.5) is 0 Å². The molecule has 0 aliphatic carbocycles. The average Bonchev–Trinajstić information content (AvgIpc) is 3.05. The highest BCUT2D eigenvalue weighted by Crippen LogP contribution is 2.23. The van der Waals surface area contributed by atoms with Crippen LogP contribution in [0.15, 0.2) is 21.5 Å². The number of hydrogen-bond donors (Lipinski definition) is 3. The standard InChI is InChI=1S/C19H35N5O2/c1-6-20-18(21-13-15(2)24-11-9-23(5)10-12-24)22-14-19(4,25)17-8-7-16(3)26-17/h7-8,15,25H,6,9-14H2,1-5H3,(H2,20,21,22). The Hall–Kier alpha value is -1.57. The van der Waals surface area contributed by atoms with E-state index in [1.54, 1.807) is 13.0 Å². The number of rotatable bonds is 7. The van der Waals surface area contributed by atoms with Gasteiger partial charge in [0.2, 0.25) is 0 Å². The Morgan fingerprint density at radius 1 is 1.31 bits per heavy atom. The molecule has 7 heteroatoms. The van der Waals surface area contributed by atoms with Crippen LogP contribution in [0.2, 0.25) is 0 Å². The van der Waals surface area contributed by atoms with Crippen molar-refractivity contribution in [2.75, 3.05) is 52.9 Å². The fourth-order valence-corrected chi connectivity index (χ4v) is 3.01. The van der Waals surface area contributed by atoms with Crippen molar-refractivity contribution in [3.63, 3.8) is 0 Å². The second kappa shape index (κ2) is 9.39. The number of aryl methyl sites for hydroxylation is 1. The summed E-state index contributed by atoms with van der Waals surface area (Å²) in [6.07, 6.45) is 0. The normalized spacial score (nSPS) is 20.6. The van der Waals surface area contributed by atoms with Gasteiger partial charge in [0.25, 0.3) is 0 Å².